The van der Waals surface area contributed by atoms with Gasteiger partial charge in [-0.25, -0.2) is 0 Å². The van der Waals surface area contributed by atoms with Crippen LogP contribution in [0.5, 0.6) is 0 Å². The monoisotopic (exact) mass is 222 g/mol. The van der Waals surface area contributed by atoms with E-state index < -0.39 is 0 Å². The van der Waals surface area contributed by atoms with E-state index >= 15 is 0 Å². The molecule has 2 N–H and O–H groups in total. The van der Waals surface area contributed by atoms with Crippen molar-refractivity contribution < 1.29 is 4.74 Å². The third-order valence-electron chi connectivity index (χ3n) is 3.45. The van der Waals surface area contributed by atoms with Gasteiger partial charge in [0.25, 0.3) is 0 Å². The van der Waals surface area contributed by atoms with Crippen LogP contribution in [0.15, 0.2) is 18.5 Å². The standard InChI is InChI=1S/C13H22N2O/c1-2-13(14)12-3-6-15(10-12)9-11-4-7-16-8-5-11/h3,6,10-11,13H,2,4-5,7-9,14H2,1H3. The molecule has 1 aliphatic rings. The number of hydrogen-bond acceptors (Lipinski definition) is 2. The van der Waals surface area contributed by atoms with Crippen LogP contribution in [0.1, 0.15) is 37.8 Å². The lowest BCUT2D eigenvalue weighted by Gasteiger charge is -2.22. The van der Waals surface area contributed by atoms with E-state index in [-0.39, 0.29) is 6.04 Å². The molecule has 90 valence electrons. The molecular weight excluding hydrogens is 200 g/mol. The van der Waals surface area contributed by atoms with E-state index in [1.807, 2.05) is 0 Å². The van der Waals surface area contributed by atoms with Gasteiger partial charge in [0.05, 0.1) is 0 Å². The van der Waals surface area contributed by atoms with Crippen LogP contribution in [0.3, 0.4) is 0 Å². The zero-order valence-electron chi connectivity index (χ0n) is 10.1. The highest BCUT2D eigenvalue weighted by Gasteiger charge is 2.14. The maximum absolute atomic E-state index is 6.01. The molecule has 0 amide bonds. The average Bonchev–Trinajstić information content (AvgIpc) is 2.78. The van der Waals surface area contributed by atoms with Gasteiger partial charge in [-0.1, -0.05) is 6.92 Å². The van der Waals surface area contributed by atoms with E-state index in [0.29, 0.717) is 0 Å². The fourth-order valence-electron chi connectivity index (χ4n) is 2.26. The quantitative estimate of drug-likeness (QED) is 0.849. The van der Waals surface area contributed by atoms with Crippen molar-refractivity contribution in [3.05, 3.63) is 24.0 Å². The second-order valence-electron chi connectivity index (χ2n) is 4.71. The topological polar surface area (TPSA) is 40.2 Å². The second kappa shape index (κ2) is 5.51. The highest BCUT2D eigenvalue weighted by molar-refractivity contribution is 5.14. The predicted molar refractivity (Wildman–Crippen MR) is 65.2 cm³/mol. The molecule has 0 spiro atoms. The minimum atomic E-state index is 0.191. The fourth-order valence-corrected chi connectivity index (χ4v) is 2.26. The van der Waals surface area contributed by atoms with Gasteiger partial charge in [0, 0.05) is 38.2 Å². The largest absolute Gasteiger partial charge is 0.381 e. The maximum Gasteiger partial charge on any atom is 0.0469 e. The summed E-state index contributed by atoms with van der Waals surface area (Å²) in [6, 6.07) is 2.34. The van der Waals surface area contributed by atoms with Gasteiger partial charge < -0.3 is 15.0 Å². The minimum absolute atomic E-state index is 0.191. The van der Waals surface area contributed by atoms with E-state index in [2.05, 4.69) is 30.0 Å². The van der Waals surface area contributed by atoms with E-state index in [4.69, 9.17) is 10.5 Å². The maximum atomic E-state index is 6.01. The molecule has 0 saturated carbocycles. The molecule has 1 atom stereocenters. The van der Waals surface area contributed by atoms with Gasteiger partial charge in [-0.05, 0) is 36.8 Å². The molecule has 1 saturated heterocycles. The summed E-state index contributed by atoms with van der Waals surface area (Å²) in [7, 11) is 0. The molecular formula is C13H22N2O. The first-order valence-electron chi connectivity index (χ1n) is 6.28. The summed E-state index contributed by atoms with van der Waals surface area (Å²) in [5.74, 6) is 0.770. The van der Waals surface area contributed by atoms with Crippen molar-refractivity contribution >= 4 is 0 Å². The second-order valence-corrected chi connectivity index (χ2v) is 4.71. The molecule has 2 rings (SSSR count). The summed E-state index contributed by atoms with van der Waals surface area (Å²) in [5, 5.41) is 0. The van der Waals surface area contributed by atoms with Gasteiger partial charge in [0.15, 0.2) is 0 Å². The lowest BCUT2D eigenvalue weighted by molar-refractivity contribution is 0.0613. The van der Waals surface area contributed by atoms with Gasteiger partial charge in [-0.15, -0.1) is 0 Å². The van der Waals surface area contributed by atoms with E-state index in [1.54, 1.807) is 0 Å². The summed E-state index contributed by atoms with van der Waals surface area (Å²) in [4.78, 5) is 0. The third kappa shape index (κ3) is 2.86. The fraction of sp³-hybridized carbons (Fsp3) is 0.692. The summed E-state index contributed by atoms with van der Waals surface area (Å²) in [6.45, 7) is 5.08. The van der Waals surface area contributed by atoms with Crippen molar-refractivity contribution in [1.29, 1.82) is 0 Å². The Morgan fingerprint density at radius 2 is 2.25 bits per heavy atom. The van der Waals surface area contributed by atoms with Gasteiger partial charge in [0.1, 0.15) is 0 Å². The van der Waals surface area contributed by atoms with Crippen molar-refractivity contribution in [2.75, 3.05) is 13.2 Å². The van der Waals surface area contributed by atoms with Crippen LogP contribution in [-0.2, 0) is 11.3 Å². The Hall–Kier alpha value is -0.800. The molecule has 16 heavy (non-hydrogen) atoms. The molecule has 0 radical (unpaired) electrons. The first-order valence-corrected chi connectivity index (χ1v) is 6.28. The molecule has 3 nitrogen and oxygen atoms in total. The van der Waals surface area contributed by atoms with E-state index in [9.17, 15) is 0 Å². The number of nitrogens with two attached hydrogens (primary N) is 1. The number of ether oxygens (including phenoxy) is 1. The molecule has 1 fully saturated rings. The first-order chi connectivity index (χ1) is 7.79. The SMILES string of the molecule is CCC(N)c1ccn(CC2CCOCC2)c1. The zero-order valence-corrected chi connectivity index (χ0v) is 10.1. The minimum Gasteiger partial charge on any atom is -0.381 e. The van der Waals surface area contributed by atoms with Crippen LogP contribution in [-0.4, -0.2) is 17.8 Å². The van der Waals surface area contributed by atoms with Gasteiger partial charge >= 0.3 is 0 Å². The highest BCUT2D eigenvalue weighted by atomic mass is 16.5. The molecule has 3 heteroatoms. The molecule has 1 aromatic heterocycles. The molecule has 0 aromatic carbocycles. The molecule has 1 aliphatic heterocycles. The summed E-state index contributed by atoms with van der Waals surface area (Å²) in [5.41, 5.74) is 7.27. The molecule has 0 bridgehead atoms. The highest BCUT2D eigenvalue weighted by Crippen LogP contribution is 2.19. The Morgan fingerprint density at radius 3 is 2.94 bits per heavy atom. The lowest BCUT2D eigenvalue weighted by atomic mass is 10.0. The van der Waals surface area contributed by atoms with Gasteiger partial charge in [0.2, 0.25) is 0 Å². The zero-order chi connectivity index (χ0) is 11.4. The summed E-state index contributed by atoms with van der Waals surface area (Å²) in [6.07, 6.45) is 7.73. The first kappa shape index (κ1) is 11.7. The molecule has 2 heterocycles. The predicted octanol–water partition coefficient (Wildman–Crippen LogP) is 2.32. The van der Waals surface area contributed by atoms with Crippen LogP contribution in [0.4, 0.5) is 0 Å². The van der Waals surface area contributed by atoms with Crippen LogP contribution >= 0.6 is 0 Å². The number of nitrogens with zero attached hydrogens (tertiary/aromatic N) is 1. The Labute approximate surface area is 97.6 Å². The van der Waals surface area contributed by atoms with Crippen LogP contribution in [0.25, 0.3) is 0 Å². The summed E-state index contributed by atoms with van der Waals surface area (Å²) < 4.78 is 7.65. The smallest absolute Gasteiger partial charge is 0.0469 e. The van der Waals surface area contributed by atoms with Crippen molar-refractivity contribution in [2.45, 2.75) is 38.8 Å². The lowest BCUT2D eigenvalue weighted by Crippen LogP contribution is -2.19. The van der Waals surface area contributed by atoms with E-state index in [0.717, 1.165) is 32.1 Å². The molecule has 1 aromatic rings. The van der Waals surface area contributed by atoms with Gasteiger partial charge in [-0.3, -0.25) is 0 Å². The average molecular weight is 222 g/mol. The number of aromatic nitrogens is 1. The van der Waals surface area contributed by atoms with E-state index in [1.165, 1.54) is 18.4 Å². The third-order valence-corrected chi connectivity index (χ3v) is 3.45. The van der Waals surface area contributed by atoms with Crippen molar-refractivity contribution in [1.82, 2.24) is 4.57 Å². The van der Waals surface area contributed by atoms with Crippen LogP contribution < -0.4 is 5.73 Å². The normalized spacial score (nSPS) is 19.9. The van der Waals surface area contributed by atoms with Crippen LogP contribution in [0.2, 0.25) is 0 Å². The Kier molecular flexibility index (Phi) is 4.02. The Balaban J connectivity index is 1.91. The Bertz CT molecular complexity index is 315. The number of hydrogen-bond donors (Lipinski definition) is 1. The molecule has 0 aliphatic carbocycles. The molecule has 1 unspecified atom stereocenters. The van der Waals surface area contributed by atoms with Crippen molar-refractivity contribution in [3.8, 4) is 0 Å². The number of rotatable bonds is 4. The summed E-state index contributed by atoms with van der Waals surface area (Å²) >= 11 is 0. The van der Waals surface area contributed by atoms with Crippen LogP contribution in [0, 0.1) is 5.92 Å². The van der Waals surface area contributed by atoms with Crippen molar-refractivity contribution in [3.63, 3.8) is 0 Å². The van der Waals surface area contributed by atoms with Crippen molar-refractivity contribution in [2.24, 2.45) is 11.7 Å². The van der Waals surface area contributed by atoms with Gasteiger partial charge in [-0.2, -0.15) is 0 Å². The Morgan fingerprint density at radius 1 is 1.50 bits per heavy atom.